The molecule has 0 saturated carbocycles. The summed E-state index contributed by atoms with van der Waals surface area (Å²) in [7, 11) is 1.74. The number of nitrogens with zero attached hydrogens (tertiary/aromatic N) is 1. The van der Waals surface area contributed by atoms with E-state index in [4.69, 9.17) is 17.3 Å². The summed E-state index contributed by atoms with van der Waals surface area (Å²) in [5, 5.41) is 0.666. The van der Waals surface area contributed by atoms with Crippen LogP contribution >= 0.6 is 11.6 Å². The normalized spacial score (nSPS) is 14.3. The van der Waals surface area contributed by atoms with Gasteiger partial charge < -0.3 is 10.6 Å². The smallest absolute Gasteiger partial charge is 0.239 e. The van der Waals surface area contributed by atoms with E-state index in [1.165, 1.54) is 0 Å². The number of halogens is 1. The van der Waals surface area contributed by atoms with E-state index in [2.05, 4.69) is 0 Å². The molecule has 0 saturated heterocycles. The van der Waals surface area contributed by atoms with Crippen molar-refractivity contribution in [1.29, 1.82) is 0 Å². The van der Waals surface area contributed by atoms with Crippen LogP contribution in [0.3, 0.4) is 0 Å². The topological polar surface area (TPSA) is 46.3 Å². The van der Waals surface area contributed by atoms with Gasteiger partial charge in [0.05, 0.1) is 12.1 Å². The lowest BCUT2D eigenvalue weighted by molar-refractivity contribution is -0.132. The number of hydrogen-bond acceptors (Lipinski definition) is 2. The highest BCUT2D eigenvalue weighted by Crippen LogP contribution is 2.26. The van der Waals surface area contributed by atoms with Crippen molar-refractivity contribution in [1.82, 2.24) is 4.90 Å². The lowest BCUT2D eigenvalue weighted by Gasteiger charge is -2.27. The molecule has 0 aliphatic carbocycles. The van der Waals surface area contributed by atoms with Gasteiger partial charge in [0.15, 0.2) is 0 Å². The van der Waals surface area contributed by atoms with E-state index in [1.807, 2.05) is 31.2 Å². The fourth-order valence-electron chi connectivity index (χ4n) is 1.53. The number of carbonyl (C=O) groups is 1. The number of hydrogen-bond donors (Lipinski definition) is 1. The molecule has 1 aromatic carbocycles. The molecule has 1 amide bonds. The van der Waals surface area contributed by atoms with Gasteiger partial charge in [0, 0.05) is 12.1 Å². The van der Waals surface area contributed by atoms with Gasteiger partial charge in [0.1, 0.15) is 0 Å². The summed E-state index contributed by atoms with van der Waals surface area (Å²) in [4.78, 5) is 13.3. The van der Waals surface area contributed by atoms with Gasteiger partial charge in [-0.25, -0.2) is 0 Å². The highest BCUT2D eigenvalue weighted by Gasteiger charge is 2.21. The predicted molar refractivity (Wildman–Crippen MR) is 66.3 cm³/mol. The third-order valence-electron chi connectivity index (χ3n) is 2.67. The molecular weight excluding hydrogens is 224 g/mol. The molecule has 0 spiro atoms. The van der Waals surface area contributed by atoms with E-state index in [-0.39, 0.29) is 11.9 Å². The molecule has 4 heteroatoms. The van der Waals surface area contributed by atoms with Crippen molar-refractivity contribution in [3.8, 4) is 0 Å². The summed E-state index contributed by atoms with van der Waals surface area (Å²) in [6, 6.07) is 6.94. The molecule has 0 aromatic heterocycles. The molecular formula is C12H17ClN2O. The van der Waals surface area contributed by atoms with Crippen LogP contribution in [0.1, 0.15) is 25.5 Å². The Morgan fingerprint density at radius 3 is 2.44 bits per heavy atom. The van der Waals surface area contributed by atoms with Gasteiger partial charge in [0.25, 0.3) is 0 Å². The van der Waals surface area contributed by atoms with E-state index >= 15 is 0 Å². The lowest BCUT2D eigenvalue weighted by atomic mass is 10.1. The lowest BCUT2D eigenvalue weighted by Crippen LogP contribution is -2.41. The second kappa shape index (κ2) is 5.32. The van der Waals surface area contributed by atoms with Gasteiger partial charge >= 0.3 is 0 Å². The summed E-state index contributed by atoms with van der Waals surface area (Å²) in [6.45, 7) is 3.61. The summed E-state index contributed by atoms with van der Waals surface area (Å²) in [5.74, 6) is -0.0904. The fraction of sp³-hybridized carbons (Fsp3) is 0.417. The van der Waals surface area contributed by atoms with E-state index in [9.17, 15) is 4.79 Å². The van der Waals surface area contributed by atoms with Crippen LogP contribution in [0.2, 0.25) is 5.02 Å². The van der Waals surface area contributed by atoms with Crippen LogP contribution in [0.4, 0.5) is 0 Å². The number of likely N-dealkylation sites (N-methyl/N-ethyl adjacent to an activating group) is 1. The Labute approximate surface area is 101 Å². The molecule has 3 nitrogen and oxygen atoms in total. The van der Waals surface area contributed by atoms with Crippen molar-refractivity contribution in [2.45, 2.75) is 25.9 Å². The molecule has 88 valence electrons. The standard InChI is InChI=1S/C12H17ClN2O/c1-8(14)12(16)15(3)9(2)10-6-4-5-7-11(10)13/h4-9H,14H2,1-3H3/t8-,9?/m0/s1. The number of carbonyl (C=O) groups excluding carboxylic acids is 1. The Balaban J connectivity index is 2.90. The molecule has 0 radical (unpaired) electrons. The first-order valence-corrected chi connectivity index (χ1v) is 5.59. The molecule has 0 heterocycles. The maximum absolute atomic E-state index is 11.7. The fourth-order valence-corrected chi connectivity index (χ4v) is 1.83. The minimum atomic E-state index is -0.491. The first kappa shape index (κ1) is 13.0. The summed E-state index contributed by atoms with van der Waals surface area (Å²) in [6.07, 6.45) is 0. The van der Waals surface area contributed by atoms with Crippen molar-refractivity contribution >= 4 is 17.5 Å². The largest absolute Gasteiger partial charge is 0.338 e. The van der Waals surface area contributed by atoms with Crippen molar-refractivity contribution in [3.05, 3.63) is 34.9 Å². The second-order valence-electron chi connectivity index (χ2n) is 3.94. The number of benzene rings is 1. The SMILES string of the molecule is CC(c1ccccc1Cl)N(C)C(=O)[C@H](C)N. The predicted octanol–water partition coefficient (Wildman–Crippen LogP) is 2.21. The monoisotopic (exact) mass is 240 g/mol. The molecule has 16 heavy (non-hydrogen) atoms. The van der Waals surface area contributed by atoms with Crippen LogP contribution in [0, 0.1) is 0 Å². The molecule has 1 unspecified atom stereocenters. The minimum Gasteiger partial charge on any atom is -0.338 e. The zero-order chi connectivity index (χ0) is 12.3. The average Bonchev–Trinajstić information content (AvgIpc) is 2.26. The van der Waals surface area contributed by atoms with Gasteiger partial charge in [-0.2, -0.15) is 0 Å². The highest BCUT2D eigenvalue weighted by molar-refractivity contribution is 6.31. The van der Waals surface area contributed by atoms with Crippen molar-refractivity contribution in [3.63, 3.8) is 0 Å². The van der Waals surface area contributed by atoms with Crippen molar-refractivity contribution < 1.29 is 4.79 Å². The van der Waals surface area contributed by atoms with Crippen LogP contribution in [0.15, 0.2) is 24.3 Å². The third kappa shape index (κ3) is 2.74. The maximum Gasteiger partial charge on any atom is 0.239 e. The Morgan fingerprint density at radius 2 is 1.94 bits per heavy atom. The van der Waals surface area contributed by atoms with Crippen molar-refractivity contribution in [2.75, 3.05) is 7.05 Å². The summed E-state index contributed by atoms with van der Waals surface area (Å²) < 4.78 is 0. The average molecular weight is 241 g/mol. The van der Waals surface area contributed by atoms with Crippen LogP contribution in [-0.2, 0) is 4.79 Å². The molecule has 1 aromatic rings. The van der Waals surface area contributed by atoms with Crippen LogP contribution in [0.5, 0.6) is 0 Å². The molecule has 0 bridgehead atoms. The minimum absolute atomic E-state index is 0.0767. The Hall–Kier alpha value is -1.06. The zero-order valence-corrected chi connectivity index (χ0v) is 10.5. The molecule has 1 rings (SSSR count). The van der Waals surface area contributed by atoms with E-state index in [1.54, 1.807) is 18.9 Å². The quantitative estimate of drug-likeness (QED) is 0.881. The van der Waals surface area contributed by atoms with Gasteiger partial charge in [-0.3, -0.25) is 4.79 Å². The summed E-state index contributed by atoms with van der Waals surface area (Å²) >= 11 is 6.08. The Bertz CT molecular complexity index is 379. The van der Waals surface area contributed by atoms with Gasteiger partial charge in [-0.05, 0) is 25.5 Å². The second-order valence-corrected chi connectivity index (χ2v) is 4.34. The van der Waals surface area contributed by atoms with Gasteiger partial charge in [-0.1, -0.05) is 29.8 Å². The number of rotatable bonds is 3. The van der Waals surface area contributed by atoms with Gasteiger partial charge in [-0.15, -0.1) is 0 Å². The molecule has 2 atom stereocenters. The Kier molecular flexibility index (Phi) is 4.33. The number of nitrogens with two attached hydrogens (primary N) is 1. The zero-order valence-electron chi connectivity index (χ0n) is 9.77. The molecule has 0 aliphatic heterocycles. The molecule has 0 aliphatic rings. The first-order chi connectivity index (χ1) is 7.45. The van der Waals surface area contributed by atoms with Gasteiger partial charge in [0.2, 0.25) is 5.91 Å². The third-order valence-corrected chi connectivity index (χ3v) is 3.02. The van der Waals surface area contributed by atoms with Crippen LogP contribution in [-0.4, -0.2) is 23.9 Å². The summed E-state index contributed by atoms with van der Waals surface area (Å²) in [5.41, 5.74) is 6.50. The molecule has 2 N–H and O–H groups in total. The van der Waals surface area contributed by atoms with E-state index in [0.29, 0.717) is 5.02 Å². The maximum atomic E-state index is 11.7. The number of amides is 1. The van der Waals surface area contributed by atoms with E-state index in [0.717, 1.165) is 5.56 Å². The highest BCUT2D eigenvalue weighted by atomic mass is 35.5. The molecule has 0 fully saturated rings. The van der Waals surface area contributed by atoms with Crippen LogP contribution < -0.4 is 5.73 Å². The first-order valence-electron chi connectivity index (χ1n) is 5.21. The Morgan fingerprint density at radius 1 is 1.38 bits per heavy atom. The van der Waals surface area contributed by atoms with Crippen LogP contribution in [0.25, 0.3) is 0 Å². The van der Waals surface area contributed by atoms with E-state index < -0.39 is 6.04 Å². The van der Waals surface area contributed by atoms with Crippen molar-refractivity contribution in [2.24, 2.45) is 5.73 Å².